The van der Waals surface area contributed by atoms with Crippen molar-refractivity contribution in [2.45, 2.75) is 44.7 Å². The number of aromatic nitrogens is 1. The van der Waals surface area contributed by atoms with Crippen LogP contribution in [0.25, 0.3) is 10.9 Å². The average Bonchev–Trinajstić information content (AvgIpc) is 2.67. The maximum atomic E-state index is 11.6. The lowest BCUT2D eigenvalue weighted by molar-refractivity contribution is -0.667. The number of ether oxygens (including phenoxy) is 1. The van der Waals surface area contributed by atoms with Crippen LogP contribution in [0.1, 0.15) is 31.0 Å². The van der Waals surface area contributed by atoms with E-state index < -0.39 is 21.7 Å². The molecule has 168 valence electrons. The minimum atomic E-state index is -6.09. The van der Waals surface area contributed by atoms with Crippen LogP contribution in [0.4, 0.5) is 23.7 Å². The number of anilines is 1. The van der Waals surface area contributed by atoms with E-state index in [-0.39, 0.29) is 0 Å². The van der Waals surface area contributed by atoms with Crippen molar-refractivity contribution in [2.24, 2.45) is 0 Å². The van der Waals surface area contributed by atoms with Gasteiger partial charge in [0, 0.05) is 29.1 Å². The largest absolute Gasteiger partial charge is 0.741 e. The highest BCUT2D eigenvalue weighted by atomic mass is 32.2. The first-order chi connectivity index (χ1) is 14.5. The molecule has 1 N–H and O–H groups in total. The van der Waals surface area contributed by atoms with Gasteiger partial charge in [-0.25, -0.2) is 13.2 Å². The summed E-state index contributed by atoms with van der Waals surface area (Å²) in [4.78, 5) is 11.6. The summed E-state index contributed by atoms with van der Waals surface area (Å²) in [5, 5.41) is 3.85. The van der Waals surface area contributed by atoms with Gasteiger partial charge in [0.2, 0.25) is 12.1 Å². The molecule has 0 bridgehead atoms. The van der Waals surface area contributed by atoms with E-state index >= 15 is 0 Å². The number of terminal acetylenes is 1. The van der Waals surface area contributed by atoms with Gasteiger partial charge < -0.3 is 9.29 Å². The van der Waals surface area contributed by atoms with Crippen LogP contribution < -0.4 is 9.88 Å². The fourth-order valence-corrected chi connectivity index (χ4v) is 3.26. The van der Waals surface area contributed by atoms with Gasteiger partial charge in [0.15, 0.2) is 15.8 Å². The van der Waals surface area contributed by atoms with Crippen LogP contribution in [0.5, 0.6) is 0 Å². The molecular formula is C20H21F3N2O5S. The SMILES string of the molecule is C#CC[n+]1c2c(cc3cc(NC(=O)OCC)ccc31)CCCC2.O=S(=O)([O-])C(F)(F)F. The minimum absolute atomic E-state index is 0.356. The molecule has 7 nitrogen and oxygen atoms in total. The standard InChI is InChI=1S/C19H20N2O2.CHF3O3S/c1-3-11-21-17-8-6-5-7-14(17)12-15-13-16(9-10-18(15)21)20-19(22)23-4-2;2-1(3,4)8(5,6)7/h1,9-10,12-13H,4-8,11H2,2H3;(H,5,6,7). The molecule has 2 aromatic rings. The van der Waals surface area contributed by atoms with E-state index in [4.69, 9.17) is 24.1 Å². The zero-order chi connectivity index (χ0) is 23.2. The third kappa shape index (κ3) is 6.32. The molecule has 1 aromatic heterocycles. The summed E-state index contributed by atoms with van der Waals surface area (Å²) in [6.45, 7) is 2.72. The number of hydrogen-bond acceptors (Lipinski definition) is 5. The van der Waals surface area contributed by atoms with Crippen LogP contribution in [-0.2, 0) is 34.2 Å². The second-order valence-corrected chi connectivity index (χ2v) is 8.00. The Balaban J connectivity index is 0.000000366. The molecule has 0 spiro atoms. The second kappa shape index (κ2) is 9.98. The van der Waals surface area contributed by atoms with E-state index in [1.807, 2.05) is 18.2 Å². The van der Waals surface area contributed by atoms with Crippen molar-refractivity contribution >= 4 is 32.8 Å². The van der Waals surface area contributed by atoms with E-state index in [1.165, 1.54) is 24.1 Å². The molecule has 0 atom stereocenters. The molecule has 0 radical (unpaired) electrons. The van der Waals surface area contributed by atoms with E-state index in [0.29, 0.717) is 13.2 Å². The first-order valence-corrected chi connectivity index (χ1v) is 10.8. The highest BCUT2D eigenvalue weighted by Gasteiger charge is 2.36. The zero-order valence-corrected chi connectivity index (χ0v) is 17.5. The smallest absolute Gasteiger partial charge is 0.485 e. The van der Waals surface area contributed by atoms with Crippen molar-refractivity contribution in [3.05, 3.63) is 35.5 Å². The molecule has 1 aliphatic rings. The lowest BCUT2D eigenvalue weighted by Crippen LogP contribution is -2.41. The summed E-state index contributed by atoms with van der Waals surface area (Å²) in [5.41, 5.74) is -1.08. The Morgan fingerprint density at radius 2 is 1.94 bits per heavy atom. The van der Waals surface area contributed by atoms with Gasteiger partial charge in [-0.1, -0.05) is 0 Å². The van der Waals surface area contributed by atoms with Gasteiger partial charge in [0.1, 0.15) is 0 Å². The van der Waals surface area contributed by atoms with Gasteiger partial charge in [-0.15, -0.1) is 6.42 Å². The monoisotopic (exact) mass is 458 g/mol. The highest BCUT2D eigenvalue weighted by molar-refractivity contribution is 7.86. The number of amides is 1. The lowest BCUT2D eigenvalue weighted by Gasteiger charge is -2.15. The van der Waals surface area contributed by atoms with E-state index in [9.17, 15) is 18.0 Å². The Morgan fingerprint density at radius 3 is 2.52 bits per heavy atom. The quantitative estimate of drug-likeness (QED) is 0.329. The van der Waals surface area contributed by atoms with Crippen LogP contribution in [0.3, 0.4) is 0 Å². The Bertz CT molecular complexity index is 1110. The number of rotatable bonds is 3. The molecule has 1 heterocycles. The third-order valence-corrected chi connectivity index (χ3v) is 5.08. The summed E-state index contributed by atoms with van der Waals surface area (Å²) >= 11 is 0. The van der Waals surface area contributed by atoms with Crippen LogP contribution in [0.2, 0.25) is 0 Å². The summed E-state index contributed by atoms with van der Waals surface area (Å²) in [6, 6.07) is 8.12. The summed E-state index contributed by atoms with van der Waals surface area (Å²) in [5.74, 6) is 2.76. The van der Waals surface area contributed by atoms with Gasteiger partial charge in [-0.05, 0) is 50.3 Å². The lowest BCUT2D eigenvalue weighted by atomic mass is 9.94. The highest BCUT2D eigenvalue weighted by Crippen LogP contribution is 2.25. The molecule has 3 rings (SSSR count). The first-order valence-electron chi connectivity index (χ1n) is 9.35. The number of nitrogens with one attached hydrogen (secondary N) is 1. The molecular weight excluding hydrogens is 437 g/mol. The number of benzene rings is 1. The maximum absolute atomic E-state index is 11.6. The molecule has 0 saturated heterocycles. The van der Waals surface area contributed by atoms with Crippen molar-refractivity contribution < 1.29 is 40.2 Å². The number of fused-ring (bicyclic) bond motifs is 2. The van der Waals surface area contributed by atoms with Crippen molar-refractivity contribution in [3.63, 3.8) is 0 Å². The van der Waals surface area contributed by atoms with E-state index in [1.54, 1.807) is 6.92 Å². The van der Waals surface area contributed by atoms with Crippen molar-refractivity contribution in [1.29, 1.82) is 0 Å². The fraction of sp³-hybridized carbons (Fsp3) is 0.400. The molecule has 0 saturated carbocycles. The number of pyridine rings is 1. The number of alkyl halides is 3. The van der Waals surface area contributed by atoms with Crippen LogP contribution in [0, 0.1) is 12.3 Å². The first kappa shape index (κ1) is 24.4. The molecule has 31 heavy (non-hydrogen) atoms. The summed E-state index contributed by atoms with van der Waals surface area (Å²) in [7, 11) is -6.09. The Labute approximate surface area is 178 Å². The van der Waals surface area contributed by atoms with Gasteiger partial charge in [0.25, 0.3) is 0 Å². The Hall–Kier alpha value is -2.84. The third-order valence-electron chi connectivity index (χ3n) is 4.51. The Morgan fingerprint density at radius 1 is 1.29 bits per heavy atom. The predicted octanol–water partition coefficient (Wildman–Crippen LogP) is 3.26. The van der Waals surface area contributed by atoms with Crippen molar-refractivity contribution in [2.75, 3.05) is 11.9 Å². The molecule has 0 aliphatic heterocycles. The van der Waals surface area contributed by atoms with Crippen LogP contribution in [-0.4, -0.2) is 31.2 Å². The van der Waals surface area contributed by atoms with Crippen LogP contribution >= 0.6 is 0 Å². The van der Waals surface area contributed by atoms with Gasteiger partial charge in [-0.2, -0.15) is 17.7 Å². The molecule has 0 fully saturated rings. The molecule has 1 aromatic carbocycles. The number of nitrogens with zero attached hydrogens (tertiary/aromatic N) is 1. The van der Waals surface area contributed by atoms with Gasteiger partial charge in [-0.3, -0.25) is 5.32 Å². The molecule has 1 amide bonds. The van der Waals surface area contributed by atoms with Crippen LogP contribution in [0.15, 0.2) is 24.3 Å². The number of aryl methyl sites for hydroxylation is 1. The molecule has 11 heteroatoms. The number of carbonyl (C=O) groups excluding carboxylic acids is 1. The Kier molecular flexibility index (Phi) is 7.86. The van der Waals surface area contributed by atoms with Crippen molar-refractivity contribution in [1.82, 2.24) is 0 Å². The maximum Gasteiger partial charge on any atom is 0.485 e. The van der Waals surface area contributed by atoms with E-state index in [2.05, 4.69) is 21.9 Å². The topological polar surface area (TPSA) is 99.4 Å². The zero-order valence-electron chi connectivity index (χ0n) is 16.7. The van der Waals surface area contributed by atoms with E-state index in [0.717, 1.165) is 29.4 Å². The average molecular weight is 458 g/mol. The number of hydrogen-bond donors (Lipinski definition) is 1. The predicted molar refractivity (Wildman–Crippen MR) is 106 cm³/mol. The van der Waals surface area contributed by atoms with Gasteiger partial charge in [0.05, 0.1) is 6.61 Å². The molecule has 0 unspecified atom stereocenters. The second-order valence-electron chi connectivity index (χ2n) is 6.63. The van der Waals surface area contributed by atoms with Crippen molar-refractivity contribution in [3.8, 4) is 12.3 Å². The fourth-order valence-electron chi connectivity index (χ4n) is 3.26. The van der Waals surface area contributed by atoms with Gasteiger partial charge >= 0.3 is 11.6 Å². The summed E-state index contributed by atoms with van der Waals surface area (Å²) in [6.07, 6.45) is 9.74. The number of halogens is 3. The molecule has 1 aliphatic carbocycles. The number of carbonyl (C=O) groups is 1. The minimum Gasteiger partial charge on any atom is -0.741 e. The summed E-state index contributed by atoms with van der Waals surface area (Å²) < 4.78 is 66.1. The normalized spacial score (nSPS) is 13.4.